The number of hydrogen-bond acceptors (Lipinski definition) is 5. The fourth-order valence-electron chi connectivity index (χ4n) is 3.97. The van der Waals surface area contributed by atoms with Crippen LogP contribution in [0.1, 0.15) is 34.3 Å². The Kier molecular flexibility index (Phi) is 7.69. The Balaban J connectivity index is 1.29. The molecule has 3 aromatic rings. The summed E-state index contributed by atoms with van der Waals surface area (Å²) in [6, 6.07) is 15.6. The van der Waals surface area contributed by atoms with E-state index in [-0.39, 0.29) is 5.91 Å². The Morgan fingerprint density at radius 2 is 1.84 bits per heavy atom. The minimum Gasteiger partial charge on any atom is -0.369 e. The molecule has 32 heavy (non-hydrogen) atoms. The minimum absolute atomic E-state index is 0.183. The third kappa shape index (κ3) is 6.28. The van der Waals surface area contributed by atoms with Crippen LogP contribution in [0.15, 0.2) is 67.1 Å². The monoisotopic (exact) mass is 449 g/mol. The second-order valence-electron chi connectivity index (χ2n) is 8.18. The molecule has 6 nitrogen and oxygen atoms in total. The van der Waals surface area contributed by atoms with Gasteiger partial charge in [0, 0.05) is 38.2 Å². The first-order chi connectivity index (χ1) is 15.7. The van der Waals surface area contributed by atoms with Gasteiger partial charge in [-0.15, -0.1) is 0 Å². The van der Waals surface area contributed by atoms with E-state index in [1.165, 1.54) is 5.56 Å². The normalized spacial score (nSPS) is 14.8. The molecule has 0 radical (unpaired) electrons. The molecular formula is C25H28ClN5O. The Morgan fingerprint density at radius 3 is 2.59 bits per heavy atom. The number of carbonyl (C=O) groups excluding carboxylic acids is 1. The van der Waals surface area contributed by atoms with Crippen molar-refractivity contribution in [3.8, 4) is 0 Å². The molecule has 4 rings (SSSR count). The van der Waals surface area contributed by atoms with Crippen LogP contribution in [0.4, 0.5) is 5.82 Å². The van der Waals surface area contributed by atoms with E-state index in [0.717, 1.165) is 44.6 Å². The van der Waals surface area contributed by atoms with Gasteiger partial charge in [-0.2, -0.15) is 0 Å². The molecule has 0 aliphatic carbocycles. The van der Waals surface area contributed by atoms with Gasteiger partial charge in [0.2, 0.25) is 0 Å². The Morgan fingerprint density at radius 1 is 1.06 bits per heavy atom. The van der Waals surface area contributed by atoms with Gasteiger partial charge in [-0.25, -0.2) is 4.98 Å². The highest BCUT2D eigenvalue weighted by atomic mass is 35.5. The Labute approximate surface area is 194 Å². The number of piperidine rings is 1. The zero-order valence-corrected chi connectivity index (χ0v) is 18.8. The van der Waals surface area contributed by atoms with Crippen LogP contribution in [0.5, 0.6) is 0 Å². The lowest BCUT2D eigenvalue weighted by atomic mass is 9.96. The summed E-state index contributed by atoms with van der Waals surface area (Å²) >= 11 is 6.13. The fourth-order valence-corrected chi connectivity index (χ4v) is 4.12. The smallest absolute Gasteiger partial charge is 0.255 e. The SMILES string of the molecule is O=C(NCc1ccccc1)c1cc(Cl)cnc1NCC1CCN(Cc2cccnc2)CC1. The van der Waals surface area contributed by atoms with Gasteiger partial charge in [0.1, 0.15) is 5.82 Å². The van der Waals surface area contributed by atoms with E-state index in [1.807, 2.05) is 48.8 Å². The topological polar surface area (TPSA) is 70.2 Å². The van der Waals surface area contributed by atoms with Crippen LogP contribution in [0.3, 0.4) is 0 Å². The number of pyridine rings is 2. The van der Waals surface area contributed by atoms with Crippen LogP contribution in [0.25, 0.3) is 0 Å². The third-order valence-corrected chi connectivity index (χ3v) is 6.00. The molecular weight excluding hydrogens is 422 g/mol. The van der Waals surface area contributed by atoms with E-state index in [2.05, 4.69) is 31.6 Å². The molecule has 1 saturated heterocycles. The summed E-state index contributed by atoms with van der Waals surface area (Å²) in [7, 11) is 0. The molecule has 2 N–H and O–H groups in total. The number of nitrogens with zero attached hydrogens (tertiary/aromatic N) is 3. The number of nitrogens with one attached hydrogen (secondary N) is 2. The van der Waals surface area contributed by atoms with Gasteiger partial charge in [0.15, 0.2) is 0 Å². The second-order valence-corrected chi connectivity index (χ2v) is 8.62. The summed E-state index contributed by atoms with van der Waals surface area (Å²) in [5.41, 5.74) is 2.77. The first kappa shape index (κ1) is 22.2. The molecule has 7 heteroatoms. The summed E-state index contributed by atoms with van der Waals surface area (Å²) in [5.74, 6) is 0.938. The quantitative estimate of drug-likeness (QED) is 0.534. The van der Waals surface area contributed by atoms with Crippen LogP contribution in [0.2, 0.25) is 5.02 Å². The van der Waals surface area contributed by atoms with Crippen molar-refractivity contribution in [3.63, 3.8) is 0 Å². The van der Waals surface area contributed by atoms with Crippen LogP contribution in [-0.4, -0.2) is 40.4 Å². The van der Waals surface area contributed by atoms with E-state index in [1.54, 1.807) is 12.3 Å². The van der Waals surface area contributed by atoms with Gasteiger partial charge in [0.05, 0.1) is 10.6 Å². The molecule has 166 valence electrons. The Hall–Kier alpha value is -2.96. The van der Waals surface area contributed by atoms with Crippen LogP contribution < -0.4 is 10.6 Å². The number of hydrogen-bond donors (Lipinski definition) is 2. The van der Waals surface area contributed by atoms with Gasteiger partial charge in [-0.1, -0.05) is 48.0 Å². The lowest BCUT2D eigenvalue weighted by molar-refractivity contribution is 0.0951. The number of carbonyl (C=O) groups is 1. The molecule has 1 aliphatic rings. The largest absolute Gasteiger partial charge is 0.369 e. The van der Waals surface area contributed by atoms with Gasteiger partial charge in [-0.05, 0) is 55.1 Å². The van der Waals surface area contributed by atoms with Gasteiger partial charge in [0.25, 0.3) is 5.91 Å². The number of likely N-dealkylation sites (tertiary alicyclic amines) is 1. The van der Waals surface area contributed by atoms with Crippen molar-refractivity contribution in [1.29, 1.82) is 0 Å². The zero-order valence-electron chi connectivity index (χ0n) is 18.0. The summed E-state index contributed by atoms with van der Waals surface area (Å²) in [4.78, 5) is 23.9. The van der Waals surface area contributed by atoms with Crippen molar-refractivity contribution in [2.45, 2.75) is 25.9 Å². The van der Waals surface area contributed by atoms with Crippen molar-refractivity contribution in [2.24, 2.45) is 5.92 Å². The number of amides is 1. The minimum atomic E-state index is -0.183. The van der Waals surface area contributed by atoms with Crippen molar-refractivity contribution in [2.75, 3.05) is 25.0 Å². The second kappa shape index (κ2) is 11.1. The first-order valence-electron chi connectivity index (χ1n) is 11.0. The van der Waals surface area contributed by atoms with Crippen LogP contribution in [-0.2, 0) is 13.1 Å². The maximum Gasteiger partial charge on any atom is 0.255 e. The number of benzene rings is 1. The highest BCUT2D eigenvalue weighted by molar-refractivity contribution is 6.31. The summed E-state index contributed by atoms with van der Waals surface area (Å²) < 4.78 is 0. The fraction of sp³-hybridized carbons (Fsp3) is 0.320. The molecule has 0 saturated carbocycles. The van der Waals surface area contributed by atoms with Gasteiger partial charge in [-0.3, -0.25) is 14.7 Å². The highest BCUT2D eigenvalue weighted by Crippen LogP contribution is 2.22. The summed E-state index contributed by atoms with van der Waals surface area (Å²) in [5, 5.41) is 6.80. The zero-order chi connectivity index (χ0) is 22.2. The van der Waals surface area contributed by atoms with Crippen molar-refractivity contribution in [3.05, 3.63) is 88.8 Å². The van der Waals surface area contributed by atoms with Crippen LogP contribution in [0, 0.1) is 5.92 Å². The number of rotatable bonds is 8. The molecule has 2 aromatic heterocycles. The van der Waals surface area contributed by atoms with Crippen molar-refractivity contribution >= 4 is 23.3 Å². The number of aromatic nitrogens is 2. The summed E-state index contributed by atoms with van der Waals surface area (Å²) in [6.07, 6.45) is 7.54. The number of anilines is 1. The average Bonchev–Trinajstić information content (AvgIpc) is 2.84. The molecule has 1 amide bonds. The highest BCUT2D eigenvalue weighted by Gasteiger charge is 2.20. The molecule has 0 bridgehead atoms. The maximum absolute atomic E-state index is 12.8. The third-order valence-electron chi connectivity index (χ3n) is 5.79. The van der Waals surface area contributed by atoms with E-state index < -0.39 is 0 Å². The van der Waals surface area contributed by atoms with Crippen molar-refractivity contribution < 1.29 is 4.79 Å². The summed E-state index contributed by atoms with van der Waals surface area (Å²) in [6.45, 7) is 4.30. The average molecular weight is 450 g/mol. The predicted octanol–water partition coefficient (Wildman–Crippen LogP) is 4.38. The molecule has 1 aliphatic heterocycles. The van der Waals surface area contributed by atoms with Crippen molar-refractivity contribution in [1.82, 2.24) is 20.2 Å². The van der Waals surface area contributed by atoms with Gasteiger partial charge < -0.3 is 10.6 Å². The van der Waals surface area contributed by atoms with Gasteiger partial charge >= 0.3 is 0 Å². The molecule has 0 unspecified atom stereocenters. The van der Waals surface area contributed by atoms with E-state index in [4.69, 9.17) is 11.6 Å². The predicted molar refractivity (Wildman–Crippen MR) is 128 cm³/mol. The molecule has 1 fully saturated rings. The molecule has 0 spiro atoms. The molecule has 0 atom stereocenters. The molecule has 3 heterocycles. The van der Waals surface area contributed by atoms with E-state index >= 15 is 0 Å². The van der Waals surface area contributed by atoms with Crippen LogP contribution >= 0.6 is 11.6 Å². The maximum atomic E-state index is 12.8. The van der Waals surface area contributed by atoms with E-state index in [9.17, 15) is 4.79 Å². The van der Waals surface area contributed by atoms with E-state index in [0.29, 0.717) is 28.9 Å². The first-order valence-corrected chi connectivity index (χ1v) is 11.4. The Bertz CT molecular complexity index is 1010. The number of halogens is 1. The lowest BCUT2D eigenvalue weighted by Crippen LogP contribution is -2.35. The standard InChI is InChI=1S/C25H28ClN5O/c26-22-13-23(25(32)30-16-19-5-2-1-3-6-19)24(29-17-22)28-15-20-8-11-31(12-9-20)18-21-7-4-10-27-14-21/h1-7,10,13-14,17,20H,8-9,11-12,15-16,18H2,(H,28,29)(H,30,32). The molecule has 1 aromatic carbocycles. The lowest BCUT2D eigenvalue weighted by Gasteiger charge is -2.32.